The van der Waals surface area contributed by atoms with E-state index in [4.69, 9.17) is 4.42 Å². The van der Waals surface area contributed by atoms with Gasteiger partial charge in [0, 0.05) is 25.2 Å². The molecule has 152 valence electrons. The Morgan fingerprint density at radius 2 is 2.00 bits per heavy atom. The van der Waals surface area contributed by atoms with E-state index in [0.29, 0.717) is 24.9 Å². The Balaban J connectivity index is 0.00000280. The van der Waals surface area contributed by atoms with E-state index in [9.17, 15) is 4.79 Å². The largest absolute Gasteiger partial charge is 0.444 e. The maximum Gasteiger partial charge on any atom is 0.227 e. The zero-order valence-corrected chi connectivity index (χ0v) is 18.9. The first-order chi connectivity index (χ1) is 13.0. The second-order valence-electron chi connectivity index (χ2n) is 6.85. The van der Waals surface area contributed by atoms with Crippen molar-refractivity contribution in [1.29, 1.82) is 0 Å². The van der Waals surface area contributed by atoms with E-state index in [1.807, 2.05) is 38.1 Å². The fourth-order valence-electron chi connectivity index (χ4n) is 2.85. The van der Waals surface area contributed by atoms with Crippen LogP contribution >= 0.6 is 24.0 Å². The molecule has 0 atom stereocenters. The molecule has 8 heteroatoms. The molecule has 0 aliphatic heterocycles. The van der Waals surface area contributed by atoms with Gasteiger partial charge in [-0.3, -0.25) is 9.79 Å². The number of halogens is 1. The van der Waals surface area contributed by atoms with E-state index in [0.717, 1.165) is 42.0 Å². The van der Waals surface area contributed by atoms with E-state index in [1.165, 1.54) is 0 Å². The number of rotatable bonds is 6. The van der Waals surface area contributed by atoms with Gasteiger partial charge in [0.2, 0.25) is 11.8 Å². The summed E-state index contributed by atoms with van der Waals surface area (Å²) < 4.78 is 5.56. The van der Waals surface area contributed by atoms with Crippen LogP contribution in [0.5, 0.6) is 0 Å². The van der Waals surface area contributed by atoms with Crippen molar-refractivity contribution in [2.24, 2.45) is 10.9 Å². The molecule has 0 bridgehead atoms. The lowest BCUT2D eigenvalue weighted by Crippen LogP contribution is -2.36. The lowest BCUT2D eigenvalue weighted by atomic mass is 9.85. The summed E-state index contributed by atoms with van der Waals surface area (Å²) in [6, 6.07) is 7.86. The molecule has 3 N–H and O–H groups in total. The van der Waals surface area contributed by atoms with Crippen LogP contribution in [0.3, 0.4) is 0 Å². The Labute approximate surface area is 182 Å². The standard InChI is InChI=1S/C20H27N5O2.HI/c1-13-14(2)27-18(24-13)12-23-20(21-3)22-11-15-6-4-9-17(10-15)25-19(26)16-7-5-8-16;/h4,6,9-10,16H,5,7-8,11-12H2,1-3H3,(H,25,26)(H2,21,22,23);1H. The van der Waals surface area contributed by atoms with Crippen LogP contribution in [0.1, 0.15) is 42.2 Å². The van der Waals surface area contributed by atoms with Crippen molar-refractivity contribution in [2.75, 3.05) is 12.4 Å². The normalized spacial score (nSPS) is 14.0. The Kier molecular flexibility index (Phi) is 8.28. The molecule has 28 heavy (non-hydrogen) atoms. The van der Waals surface area contributed by atoms with Gasteiger partial charge in [0.15, 0.2) is 5.96 Å². The third-order valence-corrected chi connectivity index (χ3v) is 4.83. The zero-order chi connectivity index (χ0) is 19.2. The summed E-state index contributed by atoms with van der Waals surface area (Å²) in [7, 11) is 1.72. The molecule has 1 fully saturated rings. The van der Waals surface area contributed by atoms with Crippen molar-refractivity contribution in [2.45, 2.75) is 46.2 Å². The number of aromatic nitrogens is 1. The van der Waals surface area contributed by atoms with E-state index < -0.39 is 0 Å². The summed E-state index contributed by atoms with van der Waals surface area (Å²) in [6.45, 7) is 4.88. The second kappa shape index (κ2) is 10.4. The maximum atomic E-state index is 12.1. The van der Waals surface area contributed by atoms with Gasteiger partial charge in [-0.25, -0.2) is 4.98 Å². The van der Waals surface area contributed by atoms with Crippen LogP contribution in [0, 0.1) is 19.8 Å². The Hall–Kier alpha value is -2.10. The Morgan fingerprint density at radius 3 is 2.61 bits per heavy atom. The maximum absolute atomic E-state index is 12.1. The molecule has 1 heterocycles. The number of nitrogens with zero attached hydrogens (tertiary/aromatic N) is 2. The topological polar surface area (TPSA) is 91.5 Å². The number of amides is 1. The number of hydrogen-bond donors (Lipinski definition) is 3. The van der Waals surface area contributed by atoms with Gasteiger partial charge in [0.05, 0.1) is 12.2 Å². The summed E-state index contributed by atoms with van der Waals surface area (Å²) in [6.07, 6.45) is 3.15. The van der Waals surface area contributed by atoms with Crippen molar-refractivity contribution in [3.05, 3.63) is 47.2 Å². The highest BCUT2D eigenvalue weighted by atomic mass is 127. The van der Waals surface area contributed by atoms with E-state index in [1.54, 1.807) is 7.05 Å². The zero-order valence-electron chi connectivity index (χ0n) is 16.5. The average Bonchev–Trinajstić information content (AvgIpc) is 2.92. The highest BCUT2D eigenvalue weighted by molar-refractivity contribution is 14.0. The molecular formula is C20H28IN5O2. The number of benzene rings is 1. The smallest absolute Gasteiger partial charge is 0.227 e. The SMILES string of the molecule is CN=C(NCc1cccc(NC(=O)C2CCC2)c1)NCc1nc(C)c(C)o1.I. The minimum atomic E-state index is 0. The number of guanidine groups is 1. The summed E-state index contributed by atoms with van der Waals surface area (Å²) >= 11 is 0. The quantitative estimate of drug-likeness (QED) is 0.323. The first kappa shape index (κ1) is 22.2. The number of carbonyl (C=O) groups is 1. The summed E-state index contributed by atoms with van der Waals surface area (Å²) in [5.41, 5.74) is 2.79. The van der Waals surface area contributed by atoms with E-state index in [-0.39, 0.29) is 35.8 Å². The van der Waals surface area contributed by atoms with Crippen molar-refractivity contribution in [1.82, 2.24) is 15.6 Å². The van der Waals surface area contributed by atoms with Gasteiger partial charge in [0.25, 0.3) is 0 Å². The molecule has 0 saturated heterocycles. The minimum Gasteiger partial charge on any atom is -0.444 e. The van der Waals surface area contributed by atoms with Crippen molar-refractivity contribution in [3.8, 4) is 0 Å². The van der Waals surface area contributed by atoms with Crippen LogP contribution in [0.4, 0.5) is 5.69 Å². The van der Waals surface area contributed by atoms with E-state index in [2.05, 4.69) is 25.9 Å². The van der Waals surface area contributed by atoms with Gasteiger partial charge in [-0.1, -0.05) is 18.6 Å². The molecular weight excluding hydrogens is 469 g/mol. The lowest BCUT2D eigenvalue weighted by Gasteiger charge is -2.24. The van der Waals surface area contributed by atoms with E-state index >= 15 is 0 Å². The van der Waals surface area contributed by atoms with Gasteiger partial charge in [-0.2, -0.15) is 0 Å². The second-order valence-corrected chi connectivity index (χ2v) is 6.85. The summed E-state index contributed by atoms with van der Waals surface area (Å²) in [5.74, 6) is 2.43. The van der Waals surface area contributed by atoms with Crippen molar-refractivity contribution in [3.63, 3.8) is 0 Å². The number of aliphatic imine (C=N–C) groups is 1. The molecule has 0 unspecified atom stereocenters. The predicted molar refractivity (Wildman–Crippen MR) is 121 cm³/mol. The van der Waals surface area contributed by atoms with Gasteiger partial charge in [0.1, 0.15) is 5.76 Å². The van der Waals surface area contributed by atoms with Gasteiger partial charge in [-0.05, 0) is 44.4 Å². The van der Waals surface area contributed by atoms with Crippen LogP contribution in [-0.2, 0) is 17.9 Å². The fraction of sp³-hybridized carbons (Fsp3) is 0.450. The molecule has 1 aromatic heterocycles. The van der Waals surface area contributed by atoms with Crippen LogP contribution < -0.4 is 16.0 Å². The highest BCUT2D eigenvalue weighted by Crippen LogP contribution is 2.27. The molecule has 1 saturated carbocycles. The van der Waals surface area contributed by atoms with Crippen molar-refractivity contribution >= 4 is 41.5 Å². The fourth-order valence-corrected chi connectivity index (χ4v) is 2.85. The number of hydrogen-bond acceptors (Lipinski definition) is 4. The highest BCUT2D eigenvalue weighted by Gasteiger charge is 2.25. The van der Waals surface area contributed by atoms with Crippen LogP contribution in [0.15, 0.2) is 33.7 Å². The Morgan fingerprint density at radius 1 is 1.25 bits per heavy atom. The number of anilines is 1. The molecule has 1 aromatic carbocycles. The molecule has 1 aliphatic rings. The molecule has 0 radical (unpaired) electrons. The molecule has 1 aliphatic carbocycles. The molecule has 2 aromatic rings. The van der Waals surface area contributed by atoms with Gasteiger partial charge in [-0.15, -0.1) is 24.0 Å². The summed E-state index contributed by atoms with van der Waals surface area (Å²) in [4.78, 5) is 20.7. The monoisotopic (exact) mass is 497 g/mol. The van der Waals surface area contributed by atoms with Crippen LogP contribution in [0.25, 0.3) is 0 Å². The number of nitrogens with one attached hydrogen (secondary N) is 3. The van der Waals surface area contributed by atoms with Crippen LogP contribution in [0.2, 0.25) is 0 Å². The van der Waals surface area contributed by atoms with Crippen LogP contribution in [-0.4, -0.2) is 23.9 Å². The predicted octanol–water partition coefficient (Wildman–Crippen LogP) is 3.51. The third-order valence-electron chi connectivity index (χ3n) is 4.83. The number of carbonyl (C=O) groups excluding carboxylic acids is 1. The first-order valence-corrected chi connectivity index (χ1v) is 9.32. The average molecular weight is 497 g/mol. The third kappa shape index (κ3) is 5.95. The first-order valence-electron chi connectivity index (χ1n) is 9.32. The summed E-state index contributed by atoms with van der Waals surface area (Å²) in [5, 5.41) is 9.45. The Bertz CT molecular complexity index is 810. The number of aryl methyl sites for hydroxylation is 2. The van der Waals surface area contributed by atoms with Gasteiger partial charge >= 0.3 is 0 Å². The molecule has 3 rings (SSSR count). The lowest BCUT2D eigenvalue weighted by molar-refractivity contribution is -0.122. The minimum absolute atomic E-state index is 0. The molecule has 1 amide bonds. The number of oxazole rings is 1. The molecule has 0 spiro atoms. The van der Waals surface area contributed by atoms with Crippen molar-refractivity contribution < 1.29 is 9.21 Å². The molecule has 7 nitrogen and oxygen atoms in total. The van der Waals surface area contributed by atoms with Gasteiger partial charge < -0.3 is 20.4 Å².